The molecule has 3 atom stereocenters. The highest BCUT2D eigenvalue weighted by molar-refractivity contribution is 9.10. The molecule has 1 aliphatic heterocycles. The Kier molecular flexibility index (Phi) is 6.40. The molecule has 4 rings (SSSR count). The zero-order valence-corrected chi connectivity index (χ0v) is 19.2. The van der Waals surface area contributed by atoms with Crippen molar-refractivity contribution < 1.29 is 5.11 Å². The number of nitrogens with zero attached hydrogens (tertiary/aromatic N) is 2. The average molecular weight is 471 g/mol. The van der Waals surface area contributed by atoms with Crippen LogP contribution < -0.4 is 0 Å². The van der Waals surface area contributed by atoms with Gasteiger partial charge in [-0.25, -0.2) is 0 Å². The number of thiophene rings is 1. The van der Waals surface area contributed by atoms with Crippen molar-refractivity contribution in [3.05, 3.63) is 86.5 Å². The van der Waals surface area contributed by atoms with E-state index in [1.54, 1.807) is 17.4 Å². The minimum Gasteiger partial charge on any atom is -0.508 e. The number of hydrogen-bond donors (Lipinski definition) is 1. The lowest BCUT2D eigenvalue weighted by Crippen LogP contribution is -2.56. The van der Waals surface area contributed by atoms with Crippen LogP contribution in [0.25, 0.3) is 0 Å². The van der Waals surface area contributed by atoms with Gasteiger partial charge < -0.3 is 5.11 Å². The first-order valence-electron chi connectivity index (χ1n) is 10.1. The van der Waals surface area contributed by atoms with Crippen molar-refractivity contribution in [1.29, 1.82) is 0 Å². The lowest BCUT2D eigenvalue weighted by Gasteiger charge is -2.47. The first-order chi connectivity index (χ1) is 14.0. The van der Waals surface area contributed by atoms with Crippen molar-refractivity contribution in [1.82, 2.24) is 9.80 Å². The van der Waals surface area contributed by atoms with Gasteiger partial charge in [0.05, 0.1) is 6.04 Å². The third-order valence-electron chi connectivity index (χ3n) is 5.81. The summed E-state index contributed by atoms with van der Waals surface area (Å²) in [4.78, 5) is 5.18. The highest BCUT2D eigenvalue weighted by Gasteiger charge is 2.35. The molecule has 0 aliphatic carbocycles. The maximum Gasteiger partial charge on any atom is 0.115 e. The third kappa shape index (κ3) is 4.75. The van der Waals surface area contributed by atoms with Crippen molar-refractivity contribution in [2.45, 2.75) is 38.5 Å². The van der Waals surface area contributed by atoms with E-state index >= 15 is 0 Å². The highest BCUT2D eigenvalue weighted by Crippen LogP contribution is 2.35. The maximum absolute atomic E-state index is 10.1. The smallest absolute Gasteiger partial charge is 0.115 e. The van der Waals surface area contributed by atoms with Gasteiger partial charge in [-0.3, -0.25) is 9.80 Å². The summed E-state index contributed by atoms with van der Waals surface area (Å²) in [7, 11) is 0. The second-order valence-electron chi connectivity index (χ2n) is 8.01. The molecule has 1 N–H and O–H groups in total. The Morgan fingerprint density at radius 1 is 1.03 bits per heavy atom. The fraction of sp³-hybridized carbons (Fsp3) is 0.333. The molecule has 0 spiro atoms. The van der Waals surface area contributed by atoms with E-state index in [9.17, 15) is 5.11 Å². The third-order valence-corrected chi connectivity index (χ3v) is 7.01. The fourth-order valence-corrected chi connectivity index (χ4v) is 5.50. The largest absolute Gasteiger partial charge is 0.508 e. The van der Waals surface area contributed by atoms with E-state index in [0.29, 0.717) is 17.8 Å². The maximum atomic E-state index is 10.1. The number of benzene rings is 2. The van der Waals surface area contributed by atoms with Crippen LogP contribution in [0.15, 0.2) is 69.8 Å². The number of aromatic hydroxyl groups is 1. The van der Waals surface area contributed by atoms with Gasteiger partial charge in [0.15, 0.2) is 0 Å². The van der Waals surface area contributed by atoms with Gasteiger partial charge in [0.1, 0.15) is 5.75 Å². The Labute approximate surface area is 185 Å². The summed E-state index contributed by atoms with van der Waals surface area (Å²) in [6.45, 7) is 7.62. The zero-order valence-electron chi connectivity index (χ0n) is 16.8. The van der Waals surface area contributed by atoms with Crippen molar-refractivity contribution in [3.8, 4) is 5.75 Å². The topological polar surface area (TPSA) is 26.7 Å². The number of halogens is 1. The summed E-state index contributed by atoms with van der Waals surface area (Å²) in [5, 5.41) is 14.5. The molecule has 2 heterocycles. The predicted octanol–water partition coefficient (Wildman–Crippen LogP) is 5.90. The van der Waals surface area contributed by atoms with E-state index in [4.69, 9.17) is 0 Å². The van der Waals surface area contributed by atoms with Crippen LogP contribution in [0, 0.1) is 0 Å². The molecule has 152 valence electrons. The number of phenolic OH excluding ortho intramolecular Hbond substituents is 1. The number of phenols is 1. The van der Waals surface area contributed by atoms with Gasteiger partial charge in [0.25, 0.3) is 0 Å². The molecular formula is C24H27BrN2OS. The molecule has 2 aromatic carbocycles. The minimum absolute atomic E-state index is 0.166. The monoisotopic (exact) mass is 470 g/mol. The van der Waals surface area contributed by atoms with Gasteiger partial charge in [-0.05, 0) is 71.6 Å². The Balaban J connectivity index is 1.57. The molecule has 3 nitrogen and oxygen atoms in total. The van der Waals surface area contributed by atoms with Crippen LogP contribution in [0.5, 0.6) is 5.75 Å². The molecule has 1 fully saturated rings. The summed E-state index contributed by atoms with van der Waals surface area (Å²) in [6.07, 6.45) is 0. The Bertz CT molecular complexity index is 946. The SMILES string of the molecule is C[C@@H]1CN([C@H](c2ccsc2)c2cccc(O)c2)[C@@H](C)CN1Cc1cccc(Br)c1. The summed E-state index contributed by atoms with van der Waals surface area (Å²) < 4.78 is 1.13. The van der Waals surface area contributed by atoms with Crippen molar-refractivity contribution in [2.75, 3.05) is 13.1 Å². The van der Waals surface area contributed by atoms with Gasteiger partial charge >= 0.3 is 0 Å². The molecule has 5 heteroatoms. The van der Waals surface area contributed by atoms with Crippen LogP contribution >= 0.6 is 27.3 Å². The number of piperazine rings is 1. The van der Waals surface area contributed by atoms with E-state index in [1.165, 1.54) is 11.1 Å². The minimum atomic E-state index is 0.166. The summed E-state index contributed by atoms with van der Waals surface area (Å²) >= 11 is 5.32. The highest BCUT2D eigenvalue weighted by atomic mass is 79.9. The lowest BCUT2D eigenvalue weighted by atomic mass is 9.95. The van der Waals surface area contributed by atoms with E-state index in [1.807, 2.05) is 12.1 Å². The van der Waals surface area contributed by atoms with E-state index < -0.39 is 0 Å². The van der Waals surface area contributed by atoms with Crippen LogP contribution in [0.3, 0.4) is 0 Å². The van der Waals surface area contributed by atoms with E-state index in [-0.39, 0.29) is 6.04 Å². The summed E-state index contributed by atoms with van der Waals surface area (Å²) in [6, 6.07) is 19.6. The second-order valence-corrected chi connectivity index (χ2v) is 9.70. The van der Waals surface area contributed by atoms with Crippen LogP contribution in [-0.2, 0) is 6.54 Å². The van der Waals surface area contributed by atoms with Crippen molar-refractivity contribution >= 4 is 27.3 Å². The molecule has 29 heavy (non-hydrogen) atoms. The number of hydrogen-bond acceptors (Lipinski definition) is 4. The fourth-order valence-electron chi connectivity index (χ4n) is 4.38. The molecule has 0 unspecified atom stereocenters. The van der Waals surface area contributed by atoms with Gasteiger partial charge in [0.2, 0.25) is 0 Å². The molecule has 0 radical (unpaired) electrons. The quantitative estimate of drug-likeness (QED) is 0.502. The standard InChI is InChI=1S/C24H27BrN2OS/c1-17-14-27(18(2)13-26(17)15-19-5-3-7-22(25)11-19)24(21-9-10-29-16-21)20-6-4-8-23(28)12-20/h3-12,16-18,24,28H,13-15H2,1-2H3/t17-,18+,24+/m1/s1. The summed E-state index contributed by atoms with van der Waals surface area (Å²) in [5.74, 6) is 0.330. The zero-order chi connectivity index (χ0) is 20.4. The molecule has 0 saturated carbocycles. The van der Waals surface area contributed by atoms with Gasteiger partial charge in [-0.15, -0.1) is 0 Å². The lowest BCUT2D eigenvalue weighted by molar-refractivity contribution is 0.0196. The molecule has 3 aromatic rings. The first-order valence-corrected chi connectivity index (χ1v) is 11.8. The summed E-state index contributed by atoms with van der Waals surface area (Å²) in [5.41, 5.74) is 3.80. The Hall–Kier alpha value is -1.66. The van der Waals surface area contributed by atoms with E-state index in [2.05, 4.69) is 86.7 Å². The molecule has 1 saturated heterocycles. The molecule has 0 amide bonds. The van der Waals surface area contributed by atoms with E-state index in [0.717, 1.165) is 29.7 Å². The Morgan fingerprint density at radius 3 is 2.59 bits per heavy atom. The van der Waals surface area contributed by atoms with Crippen LogP contribution in [0.2, 0.25) is 0 Å². The normalized spacial score (nSPS) is 21.9. The van der Waals surface area contributed by atoms with Gasteiger partial charge in [-0.2, -0.15) is 11.3 Å². The Morgan fingerprint density at radius 2 is 1.86 bits per heavy atom. The van der Waals surface area contributed by atoms with Crippen molar-refractivity contribution in [2.24, 2.45) is 0 Å². The van der Waals surface area contributed by atoms with Crippen LogP contribution in [0.1, 0.15) is 36.6 Å². The second kappa shape index (κ2) is 9.00. The first kappa shape index (κ1) is 20.6. The molecule has 1 aliphatic rings. The molecular weight excluding hydrogens is 444 g/mol. The van der Waals surface area contributed by atoms with Crippen LogP contribution in [0.4, 0.5) is 0 Å². The van der Waals surface area contributed by atoms with Crippen LogP contribution in [-0.4, -0.2) is 40.1 Å². The van der Waals surface area contributed by atoms with Crippen molar-refractivity contribution in [3.63, 3.8) is 0 Å². The molecule has 0 bridgehead atoms. The molecule has 1 aromatic heterocycles. The average Bonchev–Trinajstić information content (AvgIpc) is 3.20. The number of rotatable bonds is 5. The predicted molar refractivity (Wildman–Crippen MR) is 124 cm³/mol. The van der Waals surface area contributed by atoms with Gasteiger partial charge in [0, 0.05) is 36.2 Å². The van der Waals surface area contributed by atoms with Gasteiger partial charge in [-0.1, -0.05) is 40.2 Å².